The van der Waals surface area contributed by atoms with Crippen LogP contribution < -0.4 is 0 Å². The molecule has 0 saturated heterocycles. The van der Waals surface area contributed by atoms with Crippen LogP contribution in [0.4, 0.5) is 22.0 Å². The highest BCUT2D eigenvalue weighted by Crippen LogP contribution is 2.45. The zero-order valence-electron chi connectivity index (χ0n) is 15.8. The van der Waals surface area contributed by atoms with Crippen LogP contribution in [-0.4, -0.2) is 0 Å². The summed E-state index contributed by atoms with van der Waals surface area (Å²) in [6, 6.07) is 10.9. The average molecular weight is 405 g/mol. The van der Waals surface area contributed by atoms with Crippen LogP contribution in [0, 0.1) is 11.6 Å². The van der Waals surface area contributed by atoms with E-state index in [1.54, 1.807) is 19.1 Å². The second-order valence-corrected chi connectivity index (χ2v) is 6.66. The van der Waals surface area contributed by atoms with E-state index in [-0.39, 0.29) is 28.7 Å². The number of aryl methyl sites for hydroxylation is 1. The molecule has 1 radical (unpaired) electrons. The van der Waals surface area contributed by atoms with Crippen LogP contribution in [0.15, 0.2) is 48.5 Å². The molecule has 29 heavy (non-hydrogen) atoms. The lowest BCUT2D eigenvalue weighted by Gasteiger charge is -2.18. The van der Waals surface area contributed by atoms with Gasteiger partial charge in [0.2, 0.25) is 11.6 Å². The molecule has 3 rings (SSSR count). The minimum absolute atomic E-state index is 0.0150. The standard InChI is InChI=1S/C23H18F5O/c1-3-13-5-7-14(8-6-13)18-17(4-2)20(24)21(25)22(29)19(18)15-9-11-16(12-10-15)23(26,27)28/h5-12H,3-4H2,1-2H3. The highest BCUT2D eigenvalue weighted by Gasteiger charge is 2.31. The lowest BCUT2D eigenvalue weighted by Crippen LogP contribution is -2.05. The van der Waals surface area contributed by atoms with Crippen molar-refractivity contribution in [2.24, 2.45) is 0 Å². The molecule has 0 atom stereocenters. The molecule has 3 aromatic carbocycles. The molecule has 0 saturated carbocycles. The zero-order valence-corrected chi connectivity index (χ0v) is 15.8. The topological polar surface area (TPSA) is 19.9 Å². The van der Waals surface area contributed by atoms with E-state index < -0.39 is 29.1 Å². The van der Waals surface area contributed by atoms with Crippen molar-refractivity contribution in [3.05, 3.63) is 76.9 Å². The summed E-state index contributed by atoms with van der Waals surface area (Å²) < 4.78 is 67.5. The molecule has 0 N–H and O–H groups in total. The SMILES string of the molecule is CCc1ccc(-c2c(CC)c(F)c(F)c([O])c2-c2ccc(C(F)(F)F)cc2)cc1. The molecular weight excluding hydrogens is 387 g/mol. The Morgan fingerprint density at radius 3 is 1.72 bits per heavy atom. The fraction of sp³-hybridized carbons (Fsp3) is 0.217. The first-order valence-corrected chi connectivity index (χ1v) is 9.16. The van der Waals surface area contributed by atoms with Gasteiger partial charge in [-0.2, -0.15) is 17.6 Å². The van der Waals surface area contributed by atoms with Gasteiger partial charge in [-0.1, -0.05) is 50.2 Å². The lowest BCUT2D eigenvalue weighted by atomic mass is 9.87. The molecular formula is C23H18F5O. The van der Waals surface area contributed by atoms with E-state index in [1.165, 1.54) is 0 Å². The largest absolute Gasteiger partial charge is 0.416 e. The molecule has 0 bridgehead atoms. The van der Waals surface area contributed by atoms with E-state index in [4.69, 9.17) is 0 Å². The molecule has 0 aliphatic heterocycles. The van der Waals surface area contributed by atoms with Crippen LogP contribution in [0.5, 0.6) is 5.75 Å². The maximum Gasteiger partial charge on any atom is 0.416 e. The summed E-state index contributed by atoms with van der Waals surface area (Å²) in [4.78, 5) is 0. The molecule has 0 heterocycles. The smallest absolute Gasteiger partial charge is 0.286 e. The molecule has 1 nitrogen and oxygen atoms in total. The summed E-state index contributed by atoms with van der Waals surface area (Å²) in [6.07, 6.45) is -3.65. The molecule has 3 aromatic rings. The van der Waals surface area contributed by atoms with E-state index in [2.05, 4.69) is 0 Å². The van der Waals surface area contributed by atoms with Crippen molar-refractivity contribution in [2.75, 3.05) is 0 Å². The second kappa shape index (κ2) is 7.85. The minimum Gasteiger partial charge on any atom is -0.286 e. The Morgan fingerprint density at radius 1 is 0.724 bits per heavy atom. The van der Waals surface area contributed by atoms with Crippen molar-refractivity contribution in [2.45, 2.75) is 32.9 Å². The predicted octanol–water partition coefficient (Wildman–Crippen LogP) is 7.59. The third kappa shape index (κ3) is 3.84. The Balaban J connectivity index is 2.31. The van der Waals surface area contributed by atoms with Gasteiger partial charge in [-0.15, -0.1) is 0 Å². The Labute approximate surface area is 165 Å². The number of benzene rings is 3. The quantitative estimate of drug-likeness (QED) is 0.399. The first-order valence-electron chi connectivity index (χ1n) is 9.16. The third-order valence-corrected chi connectivity index (χ3v) is 4.94. The van der Waals surface area contributed by atoms with Gasteiger partial charge in [0.25, 0.3) is 0 Å². The van der Waals surface area contributed by atoms with Crippen LogP contribution in [0.1, 0.15) is 30.5 Å². The van der Waals surface area contributed by atoms with Gasteiger partial charge in [0, 0.05) is 5.56 Å². The average Bonchev–Trinajstić information content (AvgIpc) is 2.71. The Morgan fingerprint density at radius 2 is 1.24 bits per heavy atom. The molecule has 0 spiro atoms. The first kappa shape index (κ1) is 20.8. The maximum absolute atomic E-state index is 14.5. The van der Waals surface area contributed by atoms with Gasteiger partial charge in [0.1, 0.15) is 0 Å². The zero-order chi connectivity index (χ0) is 21.3. The van der Waals surface area contributed by atoms with E-state index in [0.29, 0.717) is 5.56 Å². The Kier molecular flexibility index (Phi) is 5.64. The summed E-state index contributed by atoms with van der Waals surface area (Å²) in [6.45, 7) is 3.59. The number of hydrogen-bond donors (Lipinski definition) is 0. The van der Waals surface area contributed by atoms with Crippen molar-refractivity contribution in [3.8, 4) is 28.0 Å². The highest BCUT2D eigenvalue weighted by molar-refractivity contribution is 5.90. The second-order valence-electron chi connectivity index (χ2n) is 6.66. The molecule has 0 fully saturated rings. The summed E-state index contributed by atoms with van der Waals surface area (Å²) in [5.41, 5.74) is 0.823. The van der Waals surface area contributed by atoms with Gasteiger partial charge in [0.05, 0.1) is 5.56 Å². The molecule has 0 aliphatic rings. The van der Waals surface area contributed by atoms with Crippen molar-refractivity contribution in [1.29, 1.82) is 0 Å². The minimum atomic E-state index is -4.54. The van der Waals surface area contributed by atoms with Gasteiger partial charge < -0.3 is 0 Å². The van der Waals surface area contributed by atoms with Gasteiger partial charge in [0.15, 0.2) is 5.82 Å². The van der Waals surface area contributed by atoms with Crippen molar-refractivity contribution < 1.29 is 27.1 Å². The van der Waals surface area contributed by atoms with Crippen LogP contribution in [-0.2, 0) is 24.1 Å². The normalized spacial score (nSPS) is 11.7. The summed E-state index contributed by atoms with van der Waals surface area (Å²) in [5.74, 6) is -3.91. The number of rotatable bonds is 4. The van der Waals surface area contributed by atoms with Crippen molar-refractivity contribution in [3.63, 3.8) is 0 Å². The number of halogens is 5. The van der Waals surface area contributed by atoms with Crippen molar-refractivity contribution >= 4 is 0 Å². The molecule has 0 aliphatic carbocycles. The fourth-order valence-electron chi connectivity index (χ4n) is 3.38. The van der Waals surface area contributed by atoms with Crippen LogP contribution in [0.25, 0.3) is 22.3 Å². The maximum atomic E-state index is 14.5. The molecule has 0 aromatic heterocycles. The molecule has 6 heteroatoms. The number of alkyl halides is 3. The Bertz CT molecular complexity index is 1020. The number of hydrogen-bond acceptors (Lipinski definition) is 0. The van der Waals surface area contributed by atoms with Gasteiger partial charge in [-0.3, -0.25) is 5.11 Å². The monoisotopic (exact) mass is 405 g/mol. The summed E-state index contributed by atoms with van der Waals surface area (Å²) in [5, 5.41) is 12.6. The Hall–Kier alpha value is -2.89. The van der Waals surface area contributed by atoms with E-state index in [1.807, 2.05) is 19.1 Å². The van der Waals surface area contributed by atoms with Crippen LogP contribution in [0.3, 0.4) is 0 Å². The fourth-order valence-corrected chi connectivity index (χ4v) is 3.38. The molecule has 0 amide bonds. The van der Waals surface area contributed by atoms with Crippen LogP contribution >= 0.6 is 0 Å². The molecule has 0 unspecified atom stereocenters. The third-order valence-electron chi connectivity index (χ3n) is 4.94. The summed E-state index contributed by atoms with van der Waals surface area (Å²) in [7, 11) is 0. The van der Waals surface area contributed by atoms with Gasteiger partial charge in [-0.05, 0) is 52.8 Å². The lowest BCUT2D eigenvalue weighted by molar-refractivity contribution is -0.137. The molecule has 151 valence electrons. The van der Waals surface area contributed by atoms with E-state index in [9.17, 15) is 27.1 Å². The first-order chi connectivity index (χ1) is 13.7. The predicted molar refractivity (Wildman–Crippen MR) is 101 cm³/mol. The highest BCUT2D eigenvalue weighted by atomic mass is 19.4. The van der Waals surface area contributed by atoms with Crippen LogP contribution in [0.2, 0.25) is 0 Å². The summed E-state index contributed by atoms with van der Waals surface area (Å²) >= 11 is 0. The van der Waals surface area contributed by atoms with Gasteiger partial charge in [-0.25, -0.2) is 4.39 Å². The van der Waals surface area contributed by atoms with E-state index >= 15 is 0 Å². The van der Waals surface area contributed by atoms with Gasteiger partial charge >= 0.3 is 6.18 Å². The van der Waals surface area contributed by atoms with Crippen molar-refractivity contribution in [1.82, 2.24) is 0 Å². The van der Waals surface area contributed by atoms with E-state index in [0.717, 1.165) is 36.2 Å².